The van der Waals surface area contributed by atoms with Gasteiger partial charge in [-0.25, -0.2) is 13.4 Å². The van der Waals surface area contributed by atoms with Crippen LogP contribution in [0, 0.1) is 0 Å². The lowest BCUT2D eigenvalue weighted by atomic mass is 10.2. The first-order valence-corrected chi connectivity index (χ1v) is 10.7. The number of aromatic nitrogens is 2. The number of nitrogens with one attached hydrogen (secondary N) is 2. The van der Waals surface area contributed by atoms with Gasteiger partial charge in [-0.05, 0) is 48.5 Å². The molecule has 1 heterocycles. The number of aromatic amines is 1. The Morgan fingerprint density at radius 1 is 0.857 bits per heavy atom. The van der Waals surface area contributed by atoms with Crippen LogP contribution >= 0.6 is 34.8 Å². The molecule has 4 rings (SSSR count). The molecule has 0 amide bonds. The molecule has 0 fully saturated rings. The molecule has 3 aromatic carbocycles. The summed E-state index contributed by atoms with van der Waals surface area (Å²) in [6.07, 6.45) is 0. The van der Waals surface area contributed by atoms with E-state index < -0.39 is 10.0 Å². The number of benzene rings is 3. The monoisotopic (exact) mass is 451 g/mol. The first-order valence-electron chi connectivity index (χ1n) is 8.06. The highest BCUT2D eigenvalue weighted by atomic mass is 35.5. The van der Waals surface area contributed by atoms with E-state index in [4.69, 9.17) is 34.8 Å². The molecular weight excluding hydrogens is 441 g/mol. The van der Waals surface area contributed by atoms with E-state index >= 15 is 0 Å². The van der Waals surface area contributed by atoms with E-state index in [2.05, 4.69) is 14.7 Å². The van der Waals surface area contributed by atoms with E-state index in [0.29, 0.717) is 22.1 Å². The molecule has 9 heteroatoms. The first kappa shape index (κ1) is 19.1. The van der Waals surface area contributed by atoms with Gasteiger partial charge in [-0.15, -0.1) is 0 Å². The lowest BCUT2D eigenvalue weighted by molar-refractivity contribution is 0.601. The lowest BCUT2D eigenvalue weighted by Gasteiger charge is -2.10. The molecule has 142 valence electrons. The van der Waals surface area contributed by atoms with Gasteiger partial charge in [0.05, 0.1) is 31.0 Å². The molecule has 28 heavy (non-hydrogen) atoms. The van der Waals surface area contributed by atoms with Crippen molar-refractivity contribution in [3.8, 4) is 11.4 Å². The van der Waals surface area contributed by atoms with Crippen LogP contribution in [0.4, 0.5) is 5.69 Å². The molecule has 0 saturated heterocycles. The Morgan fingerprint density at radius 3 is 2.36 bits per heavy atom. The topological polar surface area (TPSA) is 74.8 Å². The summed E-state index contributed by atoms with van der Waals surface area (Å²) in [5, 5.41) is 0.874. The lowest BCUT2D eigenvalue weighted by Crippen LogP contribution is -2.13. The molecule has 0 radical (unpaired) electrons. The van der Waals surface area contributed by atoms with Gasteiger partial charge in [0.1, 0.15) is 5.82 Å². The van der Waals surface area contributed by atoms with Crippen molar-refractivity contribution < 1.29 is 8.42 Å². The zero-order valence-electron chi connectivity index (χ0n) is 14.1. The van der Waals surface area contributed by atoms with E-state index in [9.17, 15) is 8.42 Å². The minimum atomic E-state index is -3.86. The molecule has 4 aromatic rings. The van der Waals surface area contributed by atoms with Crippen LogP contribution in [0.3, 0.4) is 0 Å². The molecular formula is C19H12Cl3N3O2S. The van der Waals surface area contributed by atoms with Gasteiger partial charge < -0.3 is 4.98 Å². The van der Waals surface area contributed by atoms with E-state index in [1.54, 1.807) is 18.2 Å². The van der Waals surface area contributed by atoms with Crippen molar-refractivity contribution in [2.45, 2.75) is 4.90 Å². The SMILES string of the molecule is O=S(=O)(Nc1ccc(Cl)c(-c2nc3ccccc3[nH]2)c1)c1ccc(Cl)c(Cl)c1. The maximum atomic E-state index is 12.7. The highest BCUT2D eigenvalue weighted by molar-refractivity contribution is 7.92. The average Bonchev–Trinajstić information content (AvgIpc) is 3.09. The second-order valence-corrected chi connectivity index (χ2v) is 8.88. The Labute approximate surface area is 176 Å². The standard InChI is InChI=1S/C19H12Cl3N3O2S/c20-14-7-5-11(25-28(26,27)12-6-8-15(21)16(22)10-12)9-13(14)19-23-17-3-1-2-4-18(17)24-19/h1-10,25H,(H,23,24). The summed E-state index contributed by atoms with van der Waals surface area (Å²) < 4.78 is 27.9. The number of para-hydroxylation sites is 2. The smallest absolute Gasteiger partial charge is 0.261 e. The minimum absolute atomic E-state index is 0.00198. The molecule has 0 bridgehead atoms. The highest BCUT2D eigenvalue weighted by Crippen LogP contribution is 2.32. The van der Waals surface area contributed by atoms with E-state index in [1.807, 2.05) is 24.3 Å². The Kier molecular flexibility index (Phi) is 4.97. The molecule has 0 saturated carbocycles. The van der Waals surface area contributed by atoms with Crippen molar-refractivity contribution in [2.75, 3.05) is 4.72 Å². The zero-order chi connectivity index (χ0) is 19.9. The quantitative estimate of drug-likeness (QED) is 0.399. The molecule has 0 spiro atoms. The third kappa shape index (κ3) is 3.69. The molecule has 0 aliphatic heterocycles. The Morgan fingerprint density at radius 2 is 1.61 bits per heavy atom. The molecule has 0 aliphatic rings. The summed E-state index contributed by atoms with van der Waals surface area (Å²) in [7, 11) is -3.86. The molecule has 0 unspecified atom stereocenters. The van der Waals surface area contributed by atoms with Crippen LogP contribution in [0.5, 0.6) is 0 Å². The summed E-state index contributed by atoms with van der Waals surface area (Å²) >= 11 is 18.1. The predicted octanol–water partition coefficient (Wildman–Crippen LogP) is 5.99. The van der Waals surface area contributed by atoms with Crippen LogP contribution in [0.15, 0.2) is 65.6 Å². The zero-order valence-corrected chi connectivity index (χ0v) is 17.2. The predicted molar refractivity (Wildman–Crippen MR) is 114 cm³/mol. The van der Waals surface area contributed by atoms with E-state index in [-0.39, 0.29) is 14.9 Å². The second kappa shape index (κ2) is 7.29. The summed E-state index contributed by atoms with van der Waals surface area (Å²) in [4.78, 5) is 7.70. The maximum absolute atomic E-state index is 12.7. The number of imidazole rings is 1. The number of halogens is 3. The van der Waals surface area contributed by atoms with Gasteiger partial charge in [0.25, 0.3) is 10.0 Å². The number of sulfonamides is 1. The van der Waals surface area contributed by atoms with Gasteiger partial charge in [0, 0.05) is 11.3 Å². The van der Waals surface area contributed by atoms with E-state index in [0.717, 1.165) is 11.0 Å². The highest BCUT2D eigenvalue weighted by Gasteiger charge is 2.17. The van der Waals surface area contributed by atoms with Crippen molar-refractivity contribution >= 4 is 61.5 Å². The largest absolute Gasteiger partial charge is 0.338 e. The van der Waals surface area contributed by atoms with Gasteiger partial charge in [0.2, 0.25) is 0 Å². The number of nitrogens with zero attached hydrogens (tertiary/aromatic N) is 1. The van der Waals surface area contributed by atoms with Gasteiger partial charge in [-0.3, -0.25) is 4.72 Å². The Hall–Kier alpha value is -2.25. The summed E-state index contributed by atoms with van der Waals surface area (Å²) in [6, 6.07) is 16.5. The molecule has 0 aliphatic carbocycles. The number of rotatable bonds is 4. The summed E-state index contributed by atoms with van der Waals surface area (Å²) in [5.41, 5.74) is 2.56. The van der Waals surface area contributed by atoms with Crippen molar-refractivity contribution in [1.29, 1.82) is 0 Å². The van der Waals surface area contributed by atoms with Crippen LogP contribution in [0.25, 0.3) is 22.4 Å². The fraction of sp³-hybridized carbons (Fsp3) is 0. The van der Waals surface area contributed by atoms with Gasteiger partial charge >= 0.3 is 0 Å². The van der Waals surface area contributed by atoms with Crippen LogP contribution in [-0.4, -0.2) is 18.4 Å². The third-order valence-electron chi connectivity index (χ3n) is 4.06. The van der Waals surface area contributed by atoms with Crippen LogP contribution in [-0.2, 0) is 10.0 Å². The Balaban J connectivity index is 1.71. The number of H-pyrrole nitrogens is 1. The fourth-order valence-corrected chi connectivity index (χ4v) is 4.35. The number of hydrogen-bond acceptors (Lipinski definition) is 3. The van der Waals surface area contributed by atoms with Crippen molar-refractivity contribution in [2.24, 2.45) is 0 Å². The van der Waals surface area contributed by atoms with Crippen LogP contribution < -0.4 is 4.72 Å². The number of anilines is 1. The van der Waals surface area contributed by atoms with Crippen molar-refractivity contribution in [1.82, 2.24) is 9.97 Å². The normalized spacial score (nSPS) is 11.7. The summed E-state index contributed by atoms with van der Waals surface area (Å²) in [5.74, 6) is 0.543. The maximum Gasteiger partial charge on any atom is 0.261 e. The Bertz CT molecular complexity index is 1270. The molecule has 5 nitrogen and oxygen atoms in total. The van der Waals surface area contributed by atoms with Crippen LogP contribution in [0.1, 0.15) is 0 Å². The van der Waals surface area contributed by atoms with E-state index in [1.165, 1.54) is 18.2 Å². The second-order valence-electron chi connectivity index (χ2n) is 5.98. The van der Waals surface area contributed by atoms with Gasteiger partial charge in [-0.2, -0.15) is 0 Å². The molecule has 1 aromatic heterocycles. The number of hydrogen-bond donors (Lipinski definition) is 2. The first-order chi connectivity index (χ1) is 13.3. The minimum Gasteiger partial charge on any atom is -0.338 e. The fourth-order valence-electron chi connectivity index (χ4n) is 2.71. The van der Waals surface area contributed by atoms with Gasteiger partial charge in [-0.1, -0.05) is 46.9 Å². The summed E-state index contributed by atoms with van der Waals surface area (Å²) in [6.45, 7) is 0. The van der Waals surface area contributed by atoms with Crippen LogP contribution in [0.2, 0.25) is 15.1 Å². The van der Waals surface area contributed by atoms with Gasteiger partial charge in [0.15, 0.2) is 0 Å². The van der Waals surface area contributed by atoms with Crippen molar-refractivity contribution in [3.63, 3.8) is 0 Å². The number of fused-ring (bicyclic) bond motifs is 1. The molecule has 0 atom stereocenters. The van der Waals surface area contributed by atoms with Crippen molar-refractivity contribution in [3.05, 3.63) is 75.7 Å². The molecule has 2 N–H and O–H groups in total. The third-order valence-corrected chi connectivity index (χ3v) is 6.51. The average molecular weight is 453 g/mol.